The Morgan fingerprint density at radius 1 is 1.38 bits per heavy atom. The number of aryl methyl sites for hydroxylation is 1. The topological polar surface area (TPSA) is 33.1 Å². The van der Waals surface area contributed by atoms with E-state index >= 15 is 0 Å². The van der Waals surface area contributed by atoms with Crippen LogP contribution in [0.25, 0.3) is 10.6 Å². The number of nitrogens with zero attached hydrogens (tertiary/aromatic N) is 1. The third-order valence-electron chi connectivity index (χ3n) is 2.34. The van der Waals surface area contributed by atoms with Crippen LogP contribution in [0.2, 0.25) is 0 Å². The number of aliphatic hydroxyl groups excluding tert-OH is 1. The summed E-state index contributed by atoms with van der Waals surface area (Å²) in [7, 11) is 0. The summed E-state index contributed by atoms with van der Waals surface area (Å²) in [5.41, 5.74) is 1.40. The molecule has 0 atom stereocenters. The zero-order valence-corrected chi connectivity index (χ0v) is 9.72. The fourth-order valence-electron chi connectivity index (χ4n) is 1.51. The molecule has 4 heteroatoms. The normalized spacial score (nSPS) is 10.7. The number of thiazole rings is 1. The van der Waals surface area contributed by atoms with Gasteiger partial charge in [0.05, 0.1) is 5.69 Å². The molecule has 0 radical (unpaired) electrons. The highest BCUT2D eigenvalue weighted by Gasteiger charge is 2.11. The van der Waals surface area contributed by atoms with E-state index in [2.05, 4.69) is 4.98 Å². The van der Waals surface area contributed by atoms with Crippen molar-refractivity contribution in [1.82, 2.24) is 4.98 Å². The minimum atomic E-state index is -0.258. The molecule has 84 valence electrons. The molecular formula is C12H12FNOS. The van der Waals surface area contributed by atoms with Crippen LogP contribution >= 0.6 is 11.3 Å². The van der Waals surface area contributed by atoms with Gasteiger partial charge in [0.15, 0.2) is 0 Å². The average molecular weight is 237 g/mol. The molecule has 0 amide bonds. The largest absolute Gasteiger partial charge is 0.396 e. The predicted octanol–water partition coefficient (Wildman–Crippen LogP) is 2.79. The molecule has 0 saturated carbocycles. The van der Waals surface area contributed by atoms with Gasteiger partial charge in [-0.2, -0.15) is 0 Å². The molecule has 0 bridgehead atoms. The van der Waals surface area contributed by atoms with E-state index in [1.165, 1.54) is 17.4 Å². The monoisotopic (exact) mass is 237 g/mol. The van der Waals surface area contributed by atoms with E-state index in [0.717, 1.165) is 10.6 Å². The number of benzene rings is 1. The van der Waals surface area contributed by atoms with Crippen LogP contribution in [0.1, 0.15) is 10.6 Å². The lowest BCUT2D eigenvalue weighted by Crippen LogP contribution is -1.88. The highest BCUT2D eigenvalue weighted by Crippen LogP contribution is 2.29. The minimum absolute atomic E-state index is 0.0970. The van der Waals surface area contributed by atoms with Crippen LogP contribution in [-0.2, 0) is 6.42 Å². The van der Waals surface area contributed by atoms with Gasteiger partial charge >= 0.3 is 0 Å². The smallest absolute Gasteiger partial charge is 0.133 e. The van der Waals surface area contributed by atoms with Crippen LogP contribution in [0.15, 0.2) is 24.3 Å². The van der Waals surface area contributed by atoms with Crippen LogP contribution < -0.4 is 0 Å². The molecule has 2 rings (SSSR count). The molecular weight excluding hydrogens is 225 g/mol. The van der Waals surface area contributed by atoms with Crippen molar-refractivity contribution < 1.29 is 9.50 Å². The number of hydrogen-bond acceptors (Lipinski definition) is 3. The summed E-state index contributed by atoms with van der Waals surface area (Å²) in [6.07, 6.45) is 0.581. The molecule has 1 N–H and O–H groups in total. The first-order valence-corrected chi connectivity index (χ1v) is 5.86. The Labute approximate surface area is 97.4 Å². The fraction of sp³-hybridized carbons (Fsp3) is 0.250. The van der Waals surface area contributed by atoms with Gasteiger partial charge in [0.25, 0.3) is 0 Å². The first kappa shape index (κ1) is 11.2. The van der Waals surface area contributed by atoms with E-state index in [-0.39, 0.29) is 12.4 Å². The molecule has 16 heavy (non-hydrogen) atoms. The van der Waals surface area contributed by atoms with Gasteiger partial charge in [-0.1, -0.05) is 12.1 Å². The van der Waals surface area contributed by atoms with E-state index in [1.54, 1.807) is 18.2 Å². The summed E-state index contributed by atoms with van der Waals surface area (Å²) in [6.45, 7) is 1.98. The maximum Gasteiger partial charge on any atom is 0.133 e. The molecule has 0 aliphatic rings. The molecule has 1 aromatic heterocycles. The lowest BCUT2D eigenvalue weighted by molar-refractivity contribution is 0.300. The second-order valence-electron chi connectivity index (χ2n) is 3.48. The Morgan fingerprint density at radius 2 is 2.12 bits per heavy atom. The Morgan fingerprint density at radius 3 is 2.81 bits per heavy atom. The first-order chi connectivity index (χ1) is 7.72. The molecule has 1 heterocycles. The van der Waals surface area contributed by atoms with E-state index in [1.807, 2.05) is 6.92 Å². The average Bonchev–Trinajstić information content (AvgIpc) is 2.61. The number of aliphatic hydroxyl groups is 1. The third-order valence-corrected chi connectivity index (χ3v) is 3.59. The summed E-state index contributed by atoms with van der Waals surface area (Å²) < 4.78 is 13.5. The SMILES string of the molecule is Cc1nc(-c2ccccc2F)sc1CCO. The second kappa shape index (κ2) is 4.72. The Kier molecular flexibility index (Phi) is 3.31. The number of halogens is 1. The van der Waals surface area contributed by atoms with Crippen molar-refractivity contribution in [2.24, 2.45) is 0 Å². The molecule has 1 aromatic carbocycles. The van der Waals surface area contributed by atoms with Crippen molar-refractivity contribution >= 4 is 11.3 Å². The molecule has 0 unspecified atom stereocenters. The zero-order chi connectivity index (χ0) is 11.5. The van der Waals surface area contributed by atoms with Crippen LogP contribution in [-0.4, -0.2) is 16.7 Å². The highest BCUT2D eigenvalue weighted by molar-refractivity contribution is 7.15. The highest BCUT2D eigenvalue weighted by atomic mass is 32.1. The molecule has 0 aliphatic carbocycles. The summed E-state index contributed by atoms with van der Waals surface area (Å²) in [4.78, 5) is 5.34. The third kappa shape index (κ3) is 2.13. The van der Waals surface area contributed by atoms with E-state index in [4.69, 9.17) is 5.11 Å². The Balaban J connectivity index is 2.42. The summed E-state index contributed by atoms with van der Waals surface area (Å²) in [5, 5.41) is 9.56. The van der Waals surface area contributed by atoms with Crippen molar-refractivity contribution in [2.45, 2.75) is 13.3 Å². The molecule has 0 spiro atoms. The maximum atomic E-state index is 13.5. The van der Waals surface area contributed by atoms with Crippen LogP contribution in [0.3, 0.4) is 0 Å². The molecule has 0 aliphatic heterocycles. The zero-order valence-electron chi connectivity index (χ0n) is 8.90. The van der Waals surface area contributed by atoms with Gasteiger partial charge in [0, 0.05) is 23.5 Å². The standard InChI is InChI=1S/C12H12FNOS/c1-8-11(6-7-15)16-12(14-8)9-4-2-3-5-10(9)13/h2-5,15H,6-7H2,1H3. The number of hydrogen-bond donors (Lipinski definition) is 1. The molecule has 0 fully saturated rings. The van der Waals surface area contributed by atoms with Crippen LogP contribution in [0.4, 0.5) is 4.39 Å². The van der Waals surface area contributed by atoms with Crippen molar-refractivity contribution in [3.63, 3.8) is 0 Å². The quantitative estimate of drug-likeness (QED) is 0.890. The van der Waals surface area contributed by atoms with E-state index < -0.39 is 0 Å². The summed E-state index contributed by atoms with van der Waals surface area (Å²) in [6, 6.07) is 6.60. The number of rotatable bonds is 3. The number of aromatic nitrogens is 1. The lowest BCUT2D eigenvalue weighted by Gasteiger charge is -1.96. The maximum absolute atomic E-state index is 13.5. The molecule has 2 aromatic rings. The Bertz CT molecular complexity index is 496. The molecule has 0 saturated heterocycles. The van der Waals surface area contributed by atoms with Gasteiger partial charge in [0.1, 0.15) is 10.8 Å². The van der Waals surface area contributed by atoms with Crippen molar-refractivity contribution in [2.75, 3.05) is 6.61 Å². The van der Waals surface area contributed by atoms with Crippen LogP contribution in [0.5, 0.6) is 0 Å². The van der Waals surface area contributed by atoms with Gasteiger partial charge in [-0.05, 0) is 19.1 Å². The van der Waals surface area contributed by atoms with Crippen molar-refractivity contribution in [3.05, 3.63) is 40.7 Å². The van der Waals surface area contributed by atoms with Gasteiger partial charge in [-0.3, -0.25) is 0 Å². The van der Waals surface area contributed by atoms with Gasteiger partial charge in [-0.25, -0.2) is 9.37 Å². The van der Waals surface area contributed by atoms with Gasteiger partial charge < -0.3 is 5.11 Å². The Hall–Kier alpha value is -1.26. The van der Waals surface area contributed by atoms with Crippen LogP contribution in [0, 0.1) is 12.7 Å². The lowest BCUT2D eigenvalue weighted by atomic mass is 10.2. The van der Waals surface area contributed by atoms with E-state index in [0.29, 0.717) is 17.0 Å². The minimum Gasteiger partial charge on any atom is -0.396 e. The van der Waals surface area contributed by atoms with Crippen molar-refractivity contribution in [1.29, 1.82) is 0 Å². The first-order valence-electron chi connectivity index (χ1n) is 5.04. The molecule has 2 nitrogen and oxygen atoms in total. The fourth-order valence-corrected chi connectivity index (χ4v) is 2.59. The van der Waals surface area contributed by atoms with Gasteiger partial charge in [0.2, 0.25) is 0 Å². The summed E-state index contributed by atoms with van der Waals surface area (Å²) >= 11 is 1.44. The van der Waals surface area contributed by atoms with Gasteiger partial charge in [-0.15, -0.1) is 11.3 Å². The predicted molar refractivity (Wildman–Crippen MR) is 63.0 cm³/mol. The van der Waals surface area contributed by atoms with Crippen molar-refractivity contribution in [3.8, 4) is 10.6 Å². The summed E-state index contributed by atoms with van der Waals surface area (Å²) in [5.74, 6) is -0.258. The second-order valence-corrected chi connectivity index (χ2v) is 4.56. The van der Waals surface area contributed by atoms with E-state index in [9.17, 15) is 4.39 Å².